The lowest BCUT2D eigenvalue weighted by atomic mass is 9.42. The van der Waals surface area contributed by atoms with E-state index in [-0.39, 0.29) is 28.5 Å². The standard InChI is InChI=1S/C56H49BN2S/c1-53(2)28-29-54(3,4)42-30-32(24-27-39(42)53)59-50-36(26-25-35-34-17-10-14-23-46(34)60-52(35)50)47-48-37(33-16-9-11-18-38(33)56(48,7)8)31-45-49(47)57(59)43-21-15-20-41-51(43)58(45)44-22-13-12-19-40(44)55(41,5)6/h9-27,30-31H,28-29H2,1-8H3. The van der Waals surface area contributed by atoms with E-state index in [1.807, 2.05) is 11.3 Å². The molecule has 60 heavy (non-hydrogen) atoms. The highest BCUT2D eigenvalue weighted by molar-refractivity contribution is 7.26. The molecular weight excluding hydrogens is 744 g/mol. The van der Waals surface area contributed by atoms with Gasteiger partial charge in [0.15, 0.2) is 0 Å². The maximum Gasteiger partial charge on any atom is 0.333 e. The first-order valence-corrected chi connectivity index (χ1v) is 22.8. The fourth-order valence-corrected chi connectivity index (χ4v) is 14.0. The number of thiophene rings is 1. The van der Waals surface area contributed by atoms with Gasteiger partial charge < -0.3 is 9.71 Å². The lowest BCUT2D eigenvalue weighted by Crippen LogP contribution is -2.63. The van der Waals surface area contributed by atoms with E-state index >= 15 is 0 Å². The molecule has 0 saturated carbocycles. The molecule has 4 heterocycles. The molecule has 1 aromatic heterocycles. The van der Waals surface area contributed by atoms with Crippen LogP contribution in [0, 0.1) is 0 Å². The molecule has 8 aromatic rings. The SMILES string of the molecule is CC1(C)CCC(C)(C)c2cc(N3B4c5cccc6c5N(c5ccccc5C6(C)C)c5cc6c(c(c54)-c4ccc5c(sc7ccccc75)c43)C(C)(C)c3ccccc3-6)ccc21. The third-order valence-electron chi connectivity index (χ3n) is 15.9. The van der Waals surface area contributed by atoms with Gasteiger partial charge in [-0.2, -0.15) is 0 Å². The van der Waals surface area contributed by atoms with Gasteiger partial charge in [-0.25, -0.2) is 0 Å². The van der Waals surface area contributed by atoms with E-state index in [0.717, 1.165) is 0 Å². The lowest BCUT2D eigenvalue weighted by molar-refractivity contribution is 0.332. The van der Waals surface area contributed by atoms with Crippen LogP contribution in [-0.4, -0.2) is 6.85 Å². The summed E-state index contributed by atoms with van der Waals surface area (Å²) in [6.07, 6.45) is 2.38. The molecule has 0 radical (unpaired) electrons. The van der Waals surface area contributed by atoms with Crippen molar-refractivity contribution in [3.05, 3.63) is 161 Å². The Morgan fingerprint density at radius 1 is 0.517 bits per heavy atom. The third kappa shape index (κ3) is 4.17. The lowest BCUT2D eigenvalue weighted by Gasteiger charge is -2.51. The van der Waals surface area contributed by atoms with Gasteiger partial charge in [0.25, 0.3) is 0 Å². The second-order valence-corrected chi connectivity index (χ2v) is 21.8. The minimum Gasteiger partial charge on any atom is -0.375 e. The molecule has 0 fully saturated rings. The summed E-state index contributed by atoms with van der Waals surface area (Å²) < 4.78 is 2.72. The van der Waals surface area contributed by atoms with Gasteiger partial charge >= 0.3 is 6.85 Å². The van der Waals surface area contributed by atoms with E-state index < -0.39 is 0 Å². The quantitative estimate of drug-likeness (QED) is 0.153. The summed E-state index contributed by atoms with van der Waals surface area (Å²) >= 11 is 1.97. The summed E-state index contributed by atoms with van der Waals surface area (Å²) in [6.45, 7) is 19.6. The topological polar surface area (TPSA) is 6.48 Å². The Hall–Kier alpha value is -5.58. The van der Waals surface area contributed by atoms with Crippen molar-refractivity contribution in [1.29, 1.82) is 0 Å². The Kier molecular flexibility index (Phi) is 6.58. The Morgan fingerprint density at radius 2 is 1.23 bits per heavy atom. The number of fused-ring (bicyclic) bond motifs is 15. The van der Waals surface area contributed by atoms with Crippen molar-refractivity contribution >= 4 is 77.7 Å². The number of hydrogen-bond acceptors (Lipinski definition) is 3. The Balaban J connectivity index is 1.24. The fraction of sp³-hybridized carbons (Fsp3) is 0.250. The molecule has 0 atom stereocenters. The highest BCUT2D eigenvalue weighted by Gasteiger charge is 2.53. The molecule has 0 bridgehead atoms. The molecule has 0 amide bonds. The molecule has 0 saturated heterocycles. The van der Waals surface area contributed by atoms with E-state index in [1.165, 1.54) is 128 Å². The summed E-state index contributed by atoms with van der Waals surface area (Å²) in [5.74, 6) is 0. The van der Waals surface area contributed by atoms with Crippen LogP contribution >= 0.6 is 11.3 Å². The summed E-state index contributed by atoms with van der Waals surface area (Å²) in [4.78, 5) is 5.49. The van der Waals surface area contributed by atoms with E-state index in [1.54, 1.807) is 0 Å². The minimum atomic E-state index is -0.194. The van der Waals surface area contributed by atoms with Gasteiger partial charge in [0.1, 0.15) is 0 Å². The summed E-state index contributed by atoms with van der Waals surface area (Å²) in [5.41, 5.74) is 23.4. The largest absolute Gasteiger partial charge is 0.375 e. The van der Waals surface area contributed by atoms with Crippen LogP contribution < -0.4 is 20.6 Å². The Morgan fingerprint density at radius 3 is 2.07 bits per heavy atom. The van der Waals surface area contributed by atoms with Crippen LogP contribution in [0.4, 0.5) is 28.4 Å². The molecule has 4 heteroatoms. The van der Waals surface area contributed by atoms with Crippen molar-refractivity contribution in [2.75, 3.05) is 9.71 Å². The monoisotopic (exact) mass is 792 g/mol. The van der Waals surface area contributed by atoms with Crippen LogP contribution in [0.3, 0.4) is 0 Å². The zero-order valence-corrected chi connectivity index (χ0v) is 36.7. The van der Waals surface area contributed by atoms with E-state index in [2.05, 4.69) is 192 Å². The molecule has 0 N–H and O–H groups in total. The van der Waals surface area contributed by atoms with Gasteiger partial charge in [-0.05, 0) is 115 Å². The maximum absolute atomic E-state index is 2.82. The third-order valence-corrected chi connectivity index (χ3v) is 17.0. The van der Waals surface area contributed by atoms with E-state index in [9.17, 15) is 0 Å². The average Bonchev–Trinajstić information content (AvgIpc) is 3.74. The fourth-order valence-electron chi connectivity index (χ4n) is 12.7. The smallest absolute Gasteiger partial charge is 0.333 e. The van der Waals surface area contributed by atoms with Crippen molar-refractivity contribution in [2.45, 2.75) is 89.9 Å². The maximum atomic E-state index is 2.82. The van der Waals surface area contributed by atoms with Crippen LogP contribution in [0.25, 0.3) is 42.4 Å². The van der Waals surface area contributed by atoms with Gasteiger partial charge in [0.2, 0.25) is 0 Å². The van der Waals surface area contributed by atoms with Crippen molar-refractivity contribution in [3.63, 3.8) is 0 Å². The first kappa shape index (κ1) is 35.2. The van der Waals surface area contributed by atoms with Gasteiger partial charge in [-0.15, -0.1) is 11.3 Å². The molecule has 5 aliphatic rings. The highest BCUT2D eigenvalue weighted by Crippen LogP contribution is 2.61. The van der Waals surface area contributed by atoms with Gasteiger partial charge in [-0.3, -0.25) is 0 Å². The Labute approximate surface area is 358 Å². The van der Waals surface area contributed by atoms with E-state index in [0.29, 0.717) is 0 Å². The second-order valence-electron chi connectivity index (χ2n) is 20.7. The van der Waals surface area contributed by atoms with Crippen LogP contribution in [0.15, 0.2) is 127 Å². The number of rotatable bonds is 1. The predicted octanol–water partition coefficient (Wildman–Crippen LogP) is 14.1. The summed E-state index contributed by atoms with van der Waals surface area (Å²) in [7, 11) is 0. The predicted molar refractivity (Wildman–Crippen MR) is 258 cm³/mol. The van der Waals surface area contributed by atoms with Gasteiger partial charge in [-0.1, -0.05) is 152 Å². The molecule has 0 spiro atoms. The van der Waals surface area contributed by atoms with Crippen LogP contribution in [0.5, 0.6) is 0 Å². The van der Waals surface area contributed by atoms with Crippen LogP contribution in [-0.2, 0) is 21.7 Å². The highest BCUT2D eigenvalue weighted by atomic mass is 32.1. The van der Waals surface area contributed by atoms with Gasteiger partial charge in [0.05, 0.1) is 16.1 Å². The molecule has 2 nitrogen and oxygen atoms in total. The normalized spacial score (nSPS) is 18.6. The van der Waals surface area contributed by atoms with Crippen molar-refractivity contribution < 1.29 is 0 Å². The van der Waals surface area contributed by atoms with E-state index in [4.69, 9.17) is 0 Å². The number of benzene rings is 7. The molecule has 3 aliphatic heterocycles. The molecule has 2 aliphatic carbocycles. The number of para-hydroxylation sites is 2. The number of nitrogens with zero attached hydrogens (tertiary/aromatic N) is 2. The zero-order valence-electron chi connectivity index (χ0n) is 35.9. The second kappa shape index (κ2) is 11.2. The van der Waals surface area contributed by atoms with Crippen molar-refractivity contribution in [3.8, 4) is 22.3 Å². The average molecular weight is 793 g/mol. The molecule has 0 unspecified atom stereocenters. The summed E-state index contributed by atoms with van der Waals surface area (Å²) in [6, 6.07) is 49.9. The first-order valence-electron chi connectivity index (χ1n) is 22.0. The van der Waals surface area contributed by atoms with Crippen molar-refractivity contribution in [2.24, 2.45) is 0 Å². The number of anilines is 5. The Bertz CT molecular complexity index is 3250. The first-order chi connectivity index (χ1) is 28.8. The minimum absolute atomic E-state index is 0.0480. The molecule has 13 rings (SSSR count). The molecule has 7 aromatic carbocycles. The zero-order chi connectivity index (χ0) is 40.8. The van der Waals surface area contributed by atoms with Crippen LogP contribution in [0.2, 0.25) is 0 Å². The molecular formula is C56H49BN2S. The van der Waals surface area contributed by atoms with Crippen molar-refractivity contribution in [1.82, 2.24) is 0 Å². The number of hydrogen-bond donors (Lipinski definition) is 0. The van der Waals surface area contributed by atoms with Crippen LogP contribution in [0.1, 0.15) is 102 Å². The molecule has 292 valence electrons. The summed E-state index contributed by atoms with van der Waals surface area (Å²) in [5, 5.41) is 2.69. The van der Waals surface area contributed by atoms with Gasteiger partial charge in [0, 0.05) is 48.9 Å².